The fraction of sp³-hybridized carbons (Fsp3) is 0. The van der Waals surface area contributed by atoms with Crippen molar-refractivity contribution in [2.75, 3.05) is 0 Å². The molecule has 94 valence electrons. The Balaban J connectivity index is 2.52. The molecule has 0 spiro atoms. The Morgan fingerprint density at radius 1 is 0.842 bits per heavy atom. The van der Waals surface area contributed by atoms with Crippen LogP contribution in [0.2, 0.25) is 0 Å². The third-order valence-electron chi connectivity index (χ3n) is 3.04. The van der Waals surface area contributed by atoms with Gasteiger partial charge in [-0.3, -0.25) is 9.36 Å². The van der Waals surface area contributed by atoms with E-state index in [1.54, 1.807) is 36.4 Å². The molecule has 1 heterocycles. The van der Waals surface area contributed by atoms with Crippen LogP contribution in [0.15, 0.2) is 59.4 Å². The molecule has 0 amide bonds. The molecule has 0 aliphatic heterocycles. The minimum atomic E-state index is -0.637. The van der Waals surface area contributed by atoms with Gasteiger partial charge in [0.15, 0.2) is 0 Å². The monoisotopic (exact) mass is 253 g/mol. The van der Waals surface area contributed by atoms with Gasteiger partial charge < -0.3 is 10.2 Å². The van der Waals surface area contributed by atoms with E-state index in [9.17, 15) is 15.0 Å². The Hall–Kier alpha value is -2.75. The molecular weight excluding hydrogens is 242 g/mol. The minimum absolute atomic E-state index is 0.363. The van der Waals surface area contributed by atoms with Gasteiger partial charge in [-0.05, 0) is 24.3 Å². The molecule has 1 aromatic heterocycles. The van der Waals surface area contributed by atoms with Crippen molar-refractivity contribution in [1.29, 1.82) is 0 Å². The maximum atomic E-state index is 11.9. The van der Waals surface area contributed by atoms with E-state index in [0.717, 1.165) is 0 Å². The Labute approximate surface area is 108 Å². The van der Waals surface area contributed by atoms with Crippen molar-refractivity contribution < 1.29 is 10.2 Å². The van der Waals surface area contributed by atoms with E-state index in [4.69, 9.17) is 0 Å². The molecule has 19 heavy (non-hydrogen) atoms. The molecule has 0 aliphatic carbocycles. The van der Waals surface area contributed by atoms with Gasteiger partial charge in [-0.2, -0.15) is 0 Å². The zero-order chi connectivity index (χ0) is 13.4. The Morgan fingerprint density at radius 3 is 2.21 bits per heavy atom. The number of hydrogen-bond acceptors (Lipinski definition) is 3. The molecule has 0 fully saturated rings. The highest BCUT2D eigenvalue weighted by Crippen LogP contribution is 2.29. The van der Waals surface area contributed by atoms with Gasteiger partial charge in [0.25, 0.3) is 0 Å². The van der Waals surface area contributed by atoms with Crippen LogP contribution < -0.4 is 5.43 Å². The fourth-order valence-electron chi connectivity index (χ4n) is 2.15. The van der Waals surface area contributed by atoms with Crippen molar-refractivity contribution in [1.82, 2.24) is 4.57 Å². The highest BCUT2D eigenvalue weighted by molar-refractivity contribution is 5.83. The van der Waals surface area contributed by atoms with Gasteiger partial charge in [0.05, 0.1) is 10.9 Å². The van der Waals surface area contributed by atoms with E-state index in [0.29, 0.717) is 16.6 Å². The molecular formula is C15H11NO3. The second-order valence-electron chi connectivity index (χ2n) is 4.19. The maximum absolute atomic E-state index is 11.9. The Morgan fingerprint density at radius 2 is 1.47 bits per heavy atom. The number of pyridine rings is 1. The molecule has 0 bridgehead atoms. The van der Waals surface area contributed by atoms with Gasteiger partial charge in [0.2, 0.25) is 17.1 Å². The quantitative estimate of drug-likeness (QED) is 0.700. The van der Waals surface area contributed by atoms with Crippen molar-refractivity contribution >= 4 is 10.9 Å². The maximum Gasteiger partial charge on any atom is 0.243 e. The summed E-state index contributed by atoms with van der Waals surface area (Å²) in [5.41, 5.74) is 0.654. The van der Waals surface area contributed by atoms with Gasteiger partial charge in [-0.25, -0.2) is 0 Å². The van der Waals surface area contributed by atoms with Gasteiger partial charge in [-0.15, -0.1) is 0 Å². The summed E-state index contributed by atoms with van der Waals surface area (Å²) >= 11 is 0. The molecule has 0 atom stereocenters. The van der Waals surface area contributed by atoms with Crippen LogP contribution in [0.1, 0.15) is 0 Å². The lowest BCUT2D eigenvalue weighted by Crippen LogP contribution is -2.08. The van der Waals surface area contributed by atoms with Gasteiger partial charge in [-0.1, -0.05) is 30.3 Å². The van der Waals surface area contributed by atoms with Gasteiger partial charge in [0, 0.05) is 5.69 Å². The summed E-state index contributed by atoms with van der Waals surface area (Å²) in [6, 6.07) is 15.9. The molecule has 4 nitrogen and oxygen atoms in total. The van der Waals surface area contributed by atoms with Crippen LogP contribution in [-0.4, -0.2) is 14.8 Å². The predicted octanol–water partition coefficient (Wildman–Crippen LogP) is 2.40. The first-order valence-electron chi connectivity index (χ1n) is 5.81. The molecule has 2 aromatic carbocycles. The molecule has 0 unspecified atom stereocenters. The summed E-state index contributed by atoms with van der Waals surface area (Å²) in [5.74, 6) is -1.09. The lowest BCUT2D eigenvalue weighted by atomic mass is 10.2. The van der Waals surface area contributed by atoms with E-state index in [1.807, 2.05) is 18.2 Å². The van der Waals surface area contributed by atoms with E-state index in [2.05, 4.69) is 0 Å². The first-order valence-corrected chi connectivity index (χ1v) is 5.81. The summed E-state index contributed by atoms with van der Waals surface area (Å²) in [4.78, 5) is 11.9. The highest BCUT2D eigenvalue weighted by atomic mass is 16.3. The van der Waals surface area contributed by atoms with Crippen molar-refractivity contribution in [2.24, 2.45) is 0 Å². The summed E-state index contributed by atoms with van der Waals surface area (Å²) in [5, 5.41) is 20.2. The summed E-state index contributed by atoms with van der Waals surface area (Å²) in [6.07, 6.45) is 0. The van der Waals surface area contributed by atoms with Crippen molar-refractivity contribution in [3.8, 4) is 17.3 Å². The molecule has 0 radical (unpaired) electrons. The normalized spacial score (nSPS) is 10.7. The van der Waals surface area contributed by atoms with Crippen LogP contribution in [0.4, 0.5) is 0 Å². The van der Waals surface area contributed by atoms with Crippen molar-refractivity contribution in [2.45, 2.75) is 0 Å². The van der Waals surface area contributed by atoms with Crippen LogP contribution >= 0.6 is 0 Å². The van der Waals surface area contributed by atoms with Crippen LogP contribution in [0, 0.1) is 0 Å². The largest absolute Gasteiger partial charge is 0.500 e. The topological polar surface area (TPSA) is 62.5 Å². The number of aromatic hydroxyl groups is 2. The zero-order valence-electron chi connectivity index (χ0n) is 9.95. The SMILES string of the molecule is O=c1c(O)c(O)n(-c2ccccc2)c2ccccc12. The first kappa shape index (κ1) is 11.3. The molecule has 3 aromatic rings. The third kappa shape index (κ3) is 1.65. The summed E-state index contributed by atoms with van der Waals surface area (Å²) in [7, 11) is 0. The number of benzene rings is 2. The first-order chi connectivity index (χ1) is 9.20. The Bertz CT molecular complexity index is 807. The lowest BCUT2D eigenvalue weighted by molar-refractivity contribution is 0.379. The standard InChI is InChI=1S/C15H11NO3/c17-13-11-8-4-5-9-12(11)16(15(19)14(13)18)10-6-2-1-3-7-10/h1-9,18-19H. The molecule has 2 N–H and O–H groups in total. The average Bonchev–Trinajstić information content (AvgIpc) is 2.46. The van der Waals surface area contributed by atoms with Crippen LogP contribution in [0.3, 0.4) is 0 Å². The molecule has 0 aliphatic rings. The van der Waals surface area contributed by atoms with E-state index < -0.39 is 17.1 Å². The van der Waals surface area contributed by atoms with Crippen LogP contribution in [-0.2, 0) is 0 Å². The average molecular weight is 253 g/mol. The second kappa shape index (κ2) is 4.17. The molecule has 0 saturated heterocycles. The minimum Gasteiger partial charge on any atom is -0.500 e. The van der Waals surface area contributed by atoms with Crippen molar-refractivity contribution in [3.05, 3.63) is 64.8 Å². The lowest BCUT2D eigenvalue weighted by Gasteiger charge is -2.14. The zero-order valence-corrected chi connectivity index (χ0v) is 9.95. The van der Waals surface area contributed by atoms with Crippen molar-refractivity contribution in [3.63, 3.8) is 0 Å². The number of nitrogens with zero attached hydrogens (tertiary/aromatic N) is 1. The Kier molecular flexibility index (Phi) is 2.49. The smallest absolute Gasteiger partial charge is 0.243 e. The fourth-order valence-corrected chi connectivity index (χ4v) is 2.15. The predicted molar refractivity (Wildman–Crippen MR) is 72.9 cm³/mol. The molecule has 4 heteroatoms. The second-order valence-corrected chi connectivity index (χ2v) is 4.19. The van der Waals surface area contributed by atoms with Gasteiger partial charge in [0.1, 0.15) is 0 Å². The number of rotatable bonds is 1. The number of para-hydroxylation sites is 2. The third-order valence-corrected chi connectivity index (χ3v) is 3.04. The van der Waals surface area contributed by atoms with E-state index in [-0.39, 0.29) is 0 Å². The summed E-state index contributed by atoms with van der Waals surface area (Å²) < 4.78 is 1.45. The van der Waals surface area contributed by atoms with Crippen LogP contribution in [0.25, 0.3) is 16.6 Å². The highest BCUT2D eigenvalue weighted by Gasteiger charge is 2.15. The summed E-state index contributed by atoms with van der Waals surface area (Å²) in [6.45, 7) is 0. The van der Waals surface area contributed by atoms with Crippen LogP contribution in [0.5, 0.6) is 11.6 Å². The van der Waals surface area contributed by atoms with E-state index >= 15 is 0 Å². The molecule has 3 rings (SSSR count). The van der Waals surface area contributed by atoms with E-state index in [1.165, 1.54) is 4.57 Å². The van der Waals surface area contributed by atoms with Gasteiger partial charge >= 0.3 is 0 Å². The number of hydrogen-bond donors (Lipinski definition) is 2. The number of aromatic nitrogens is 1. The molecule has 0 saturated carbocycles. The number of fused-ring (bicyclic) bond motifs is 1.